The van der Waals surface area contributed by atoms with Crippen LogP contribution >= 0.6 is 15.9 Å². The van der Waals surface area contributed by atoms with Crippen molar-refractivity contribution in [1.29, 1.82) is 0 Å². The Bertz CT molecular complexity index is 403. The third kappa shape index (κ3) is 4.78. The fourth-order valence-electron chi connectivity index (χ4n) is 1.74. The van der Waals surface area contributed by atoms with Gasteiger partial charge in [0.1, 0.15) is 0 Å². The van der Waals surface area contributed by atoms with Gasteiger partial charge in [0.15, 0.2) is 0 Å². The third-order valence-electron chi connectivity index (χ3n) is 2.85. The van der Waals surface area contributed by atoms with Crippen LogP contribution in [0.2, 0.25) is 0 Å². The van der Waals surface area contributed by atoms with E-state index in [9.17, 15) is 4.79 Å². The van der Waals surface area contributed by atoms with Crippen molar-refractivity contribution in [2.45, 2.75) is 44.8 Å². The lowest BCUT2D eigenvalue weighted by Crippen LogP contribution is -2.35. The summed E-state index contributed by atoms with van der Waals surface area (Å²) in [4.78, 5) is 11.5. The maximum Gasteiger partial charge on any atom is 0.221 e. The highest BCUT2D eigenvalue weighted by Crippen LogP contribution is 2.18. The van der Waals surface area contributed by atoms with E-state index in [-0.39, 0.29) is 5.91 Å². The molecule has 2 N–H and O–H groups in total. The van der Waals surface area contributed by atoms with E-state index in [0.29, 0.717) is 25.0 Å². The lowest BCUT2D eigenvalue weighted by Gasteiger charge is -2.13. The minimum atomic E-state index is 0.152. The molecule has 1 unspecified atom stereocenters. The van der Waals surface area contributed by atoms with E-state index in [1.165, 1.54) is 0 Å². The molecule has 1 heterocycles. The molecule has 1 fully saturated rings. The summed E-state index contributed by atoms with van der Waals surface area (Å²) >= 11 is 3.37. The summed E-state index contributed by atoms with van der Waals surface area (Å²) < 4.78 is 2.87. The first-order valence-corrected chi connectivity index (χ1v) is 7.13. The van der Waals surface area contributed by atoms with Crippen molar-refractivity contribution >= 4 is 21.8 Å². The van der Waals surface area contributed by atoms with E-state index in [4.69, 9.17) is 0 Å². The zero-order valence-electron chi connectivity index (χ0n) is 10.5. The molecule has 100 valence electrons. The molecule has 2 rings (SSSR count). The second-order valence-electron chi connectivity index (χ2n) is 4.83. The molecule has 1 aromatic rings. The van der Waals surface area contributed by atoms with Crippen molar-refractivity contribution in [1.82, 2.24) is 20.4 Å². The maximum atomic E-state index is 11.5. The minimum Gasteiger partial charge on any atom is -0.353 e. The molecule has 6 heteroatoms. The molecule has 0 spiro atoms. The number of rotatable bonds is 7. The van der Waals surface area contributed by atoms with Crippen molar-refractivity contribution in [3.63, 3.8) is 0 Å². The topological polar surface area (TPSA) is 59.0 Å². The largest absolute Gasteiger partial charge is 0.353 e. The van der Waals surface area contributed by atoms with Crippen LogP contribution in [-0.2, 0) is 11.3 Å². The van der Waals surface area contributed by atoms with Gasteiger partial charge in [0, 0.05) is 31.2 Å². The number of nitrogens with one attached hydrogen (secondary N) is 2. The average molecular weight is 315 g/mol. The fraction of sp³-hybridized carbons (Fsp3) is 0.667. The number of hydrogen-bond donors (Lipinski definition) is 2. The molecule has 1 aliphatic rings. The standard InChI is InChI=1S/C12H19BrN4O/c1-9(7-17-8-10(13)6-15-17)14-5-4-12(18)16-11-2-3-11/h6,8-9,11,14H,2-5,7H2,1H3,(H,16,18). The van der Waals surface area contributed by atoms with Crippen LogP contribution in [0.1, 0.15) is 26.2 Å². The van der Waals surface area contributed by atoms with Crippen LogP contribution in [0.15, 0.2) is 16.9 Å². The van der Waals surface area contributed by atoms with Gasteiger partial charge in [0.25, 0.3) is 0 Å². The van der Waals surface area contributed by atoms with E-state index in [2.05, 4.69) is 38.6 Å². The Kier molecular flexibility index (Phi) is 4.77. The van der Waals surface area contributed by atoms with Crippen molar-refractivity contribution < 1.29 is 4.79 Å². The number of halogens is 1. The molecule has 0 aromatic carbocycles. The van der Waals surface area contributed by atoms with Crippen molar-refractivity contribution in [2.75, 3.05) is 6.54 Å². The summed E-state index contributed by atoms with van der Waals surface area (Å²) in [6.07, 6.45) is 6.55. The van der Waals surface area contributed by atoms with Gasteiger partial charge < -0.3 is 10.6 Å². The fourth-order valence-corrected chi connectivity index (χ4v) is 2.07. The van der Waals surface area contributed by atoms with Gasteiger partial charge in [0.2, 0.25) is 5.91 Å². The highest BCUT2D eigenvalue weighted by Gasteiger charge is 2.22. The van der Waals surface area contributed by atoms with Gasteiger partial charge in [-0.25, -0.2) is 0 Å². The molecular formula is C12H19BrN4O. The normalized spacial score (nSPS) is 16.6. The van der Waals surface area contributed by atoms with Crippen LogP contribution in [0.4, 0.5) is 0 Å². The van der Waals surface area contributed by atoms with Crippen molar-refractivity contribution in [3.8, 4) is 0 Å². The highest BCUT2D eigenvalue weighted by molar-refractivity contribution is 9.10. The summed E-state index contributed by atoms with van der Waals surface area (Å²) in [6.45, 7) is 3.60. The van der Waals surface area contributed by atoms with Crippen LogP contribution in [0, 0.1) is 0 Å². The quantitative estimate of drug-likeness (QED) is 0.797. The monoisotopic (exact) mass is 314 g/mol. The molecule has 1 saturated carbocycles. The predicted octanol–water partition coefficient (Wildman–Crippen LogP) is 1.29. The smallest absolute Gasteiger partial charge is 0.221 e. The molecule has 18 heavy (non-hydrogen) atoms. The number of carbonyl (C=O) groups is 1. The Balaban J connectivity index is 1.59. The SMILES string of the molecule is CC(Cn1cc(Br)cn1)NCCC(=O)NC1CC1. The zero-order valence-corrected chi connectivity index (χ0v) is 12.1. The summed E-state index contributed by atoms with van der Waals surface area (Å²) in [5.41, 5.74) is 0. The van der Waals surface area contributed by atoms with Crippen LogP contribution in [0.3, 0.4) is 0 Å². The highest BCUT2D eigenvalue weighted by atomic mass is 79.9. The van der Waals surface area contributed by atoms with Gasteiger partial charge in [-0.1, -0.05) is 0 Å². The lowest BCUT2D eigenvalue weighted by molar-refractivity contribution is -0.121. The zero-order chi connectivity index (χ0) is 13.0. The van der Waals surface area contributed by atoms with E-state index in [1.54, 1.807) is 6.20 Å². The number of carbonyl (C=O) groups excluding carboxylic acids is 1. The van der Waals surface area contributed by atoms with Gasteiger partial charge in [-0.15, -0.1) is 0 Å². The first-order valence-electron chi connectivity index (χ1n) is 6.34. The van der Waals surface area contributed by atoms with Gasteiger partial charge in [0.05, 0.1) is 17.2 Å². The van der Waals surface area contributed by atoms with Crippen molar-refractivity contribution in [2.24, 2.45) is 0 Å². The molecule has 1 atom stereocenters. The van der Waals surface area contributed by atoms with Crippen LogP contribution in [-0.4, -0.2) is 34.3 Å². The second-order valence-corrected chi connectivity index (χ2v) is 5.74. The summed E-state index contributed by atoms with van der Waals surface area (Å²) in [5.74, 6) is 0.152. The molecular weight excluding hydrogens is 296 g/mol. The molecule has 0 radical (unpaired) electrons. The Hall–Kier alpha value is -0.880. The number of hydrogen-bond acceptors (Lipinski definition) is 3. The van der Waals surface area contributed by atoms with E-state index in [1.807, 2.05) is 10.9 Å². The van der Waals surface area contributed by atoms with E-state index < -0.39 is 0 Å². The Morgan fingerprint density at radius 2 is 2.44 bits per heavy atom. The average Bonchev–Trinajstić information content (AvgIpc) is 3.01. The van der Waals surface area contributed by atoms with Crippen LogP contribution < -0.4 is 10.6 Å². The van der Waals surface area contributed by atoms with E-state index >= 15 is 0 Å². The molecule has 1 aromatic heterocycles. The van der Waals surface area contributed by atoms with Crippen LogP contribution in [0.5, 0.6) is 0 Å². The second kappa shape index (κ2) is 6.33. The maximum absolute atomic E-state index is 11.5. The van der Waals surface area contributed by atoms with Gasteiger partial charge in [-0.05, 0) is 35.7 Å². The Morgan fingerprint density at radius 1 is 1.67 bits per heavy atom. The Labute approximate surface area is 115 Å². The van der Waals surface area contributed by atoms with Gasteiger partial charge in [-0.2, -0.15) is 5.10 Å². The van der Waals surface area contributed by atoms with Crippen LogP contribution in [0.25, 0.3) is 0 Å². The van der Waals surface area contributed by atoms with Gasteiger partial charge in [-0.3, -0.25) is 9.48 Å². The molecule has 0 saturated heterocycles. The molecule has 0 aliphatic heterocycles. The third-order valence-corrected chi connectivity index (χ3v) is 3.26. The molecule has 5 nitrogen and oxygen atoms in total. The summed E-state index contributed by atoms with van der Waals surface area (Å²) in [6, 6.07) is 0.752. The Morgan fingerprint density at radius 3 is 3.06 bits per heavy atom. The molecule has 0 bridgehead atoms. The first-order chi connectivity index (χ1) is 8.63. The van der Waals surface area contributed by atoms with E-state index in [0.717, 1.165) is 23.9 Å². The van der Waals surface area contributed by atoms with Gasteiger partial charge >= 0.3 is 0 Å². The number of aromatic nitrogens is 2. The summed E-state index contributed by atoms with van der Waals surface area (Å²) in [7, 11) is 0. The predicted molar refractivity (Wildman–Crippen MR) is 73.2 cm³/mol. The molecule has 1 aliphatic carbocycles. The number of nitrogens with zero attached hydrogens (tertiary/aromatic N) is 2. The first kappa shape index (κ1) is 13.5. The number of amides is 1. The lowest BCUT2D eigenvalue weighted by atomic mass is 10.3. The van der Waals surface area contributed by atoms with Crippen molar-refractivity contribution in [3.05, 3.63) is 16.9 Å². The summed E-state index contributed by atoms with van der Waals surface area (Å²) in [5, 5.41) is 10.5. The minimum absolute atomic E-state index is 0.152. The molecule has 1 amide bonds.